The normalized spacial score (nSPS) is 18.3. The Hall–Kier alpha value is -0.930. The number of hydrogen-bond donors (Lipinski definition) is 0. The van der Waals surface area contributed by atoms with Crippen molar-refractivity contribution in [3.63, 3.8) is 0 Å². The molecule has 60 valence electrons. The summed E-state index contributed by atoms with van der Waals surface area (Å²) in [5.74, 6) is 1.76. The van der Waals surface area contributed by atoms with Gasteiger partial charge in [-0.1, -0.05) is 6.42 Å². The lowest BCUT2D eigenvalue weighted by Gasteiger charge is -2.24. The third-order valence-electron chi connectivity index (χ3n) is 2.37. The summed E-state index contributed by atoms with van der Waals surface area (Å²) in [6, 6.07) is 0. The van der Waals surface area contributed by atoms with Crippen molar-refractivity contribution in [3.05, 3.63) is 5.82 Å². The van der Waals surface area contributed by atoms with Crippen LogP contribution in [0.3, 0.4) is 0 Å². The van der Waals surface area contributed by atoms with Gasteiger partial charge in [-0.05, 0) is 36.1 Å². The lowest BCUT2D eigenvalue weighted by atomic mass is 9.85. The highest BCUT2D eigenvalue weighted by Gasteiger charge is 2.18. The number of aryl methyl sites for hydroxylation is 1. The standard InChI is InChI=1S/C7H12N4/c1-6-8-9-10-11(6)5-7-3-2-4-7/h7H,2-5H2,1H3. The van der Waals surface area contributed by atoms with Crippen LogP contribution in [0.4, 0.5) is 0 Å². The van der Waals surface area contributed by atoms with Crippen molar-refractivity contribution in [2.75, 3.05) is 0 Å². The van der Waals surface area contributed by atoms with Crippen LogP contribution >= 0.6 is 0 Å². The maximum atomic E-state index is 3.89. The quantitative estimate of drug-likeness (QED) is 0.629. The van der Waals surface area contributed by atoms with Crippen LogP contribution in [-0.4, -0.2) is 20.2 Å². The second-order valence-corrected chi connectivity index (χ2v) is 3.21. The lowest BCUT2D eigenvalue weighted by molar-refractivity contribution is 0.262. The third kappa shape index (κ3) is 1.25. The second-order valence-electron chi connectivity index (χ2n) is 3.21. The van der Waals surface area contributed by atoms with Crippen LogP contribution in [0.5, 0.6) is 0 Å². The molecule has 1 aromatic rings. The van der Waals surface area contributed by atoms with Crippen molar-refractivity contribution < 1.29 is 0 Å². The molecule has 1 aliphatic carbocycles. The minimum absolute atomic E-state index is 0.831. The van der Waals surface area contributed by atoms with Crippen LogP contribution < -0.4 is 0 Å². The van der Waals surface area contributed by atoms with E-state index in [0.717, 1.165) is 18.3 Å². The molecule has 1 aliphatic rings. The largest absolute Gasteiger partial charge is 0.230 e. The molecule has 1 fully saturated rings. The SMILES string of the molecule is Cc1nnnn1CC1CCC1. The first kappa shape index (κ1) is 6.76. The van der Waals surface area contributed by atoms with E-state index in [4.69, 9.17) is 0 Å². The molecular formula is C7H12N4. The average molecular weight is 152 g/mol. The third-order valence-corrected chi connectivity index (χ3v) is 2.37. The fraction of sp³-hybridized carbons (Fsp3) is 0.857. The summed E-state index contributed by atoms with van der Waals surface area (Å²) in [6.07, 6.45) is 4.07. The molecule has 0 spiro atoms. The van der Waals surface area contributed by atoms with E-state index in [-0.39, 0.29) is 0 Å². The van der Waals surface area contributed by atoms with Gasteiger partial charge in [0.2, 0.25) is 0 Å². The van der Waals surface area contributed by atoms with E-state index in [2.05, 4.69) is 15.5 Å². The first-order valence-corrected chi connectivity index (χ1v) is 4.09. The number of aromatic nitrogens is 4. The van der Waals surface area contributed by atoms with E-state index in [0.29, 0.717) is 0 Å². The van der Waals surface area contributed by atoms with Crippen LogP contribution in [0.2, 0.25) is 0 Å². The van der Waals surface area contributed by atoms with Gasteiger partial charge < -0.3 is 0 Å². The summed E-state index contributed by atoms with van der Waals surface area (Å²) in [4.78, 5) is 0. The molecule has 4 heteroatoms. The molecular weight excluding hydrogens is 140 g/mol. The molecule has 0 aromatic carbocycles. The predicted molar refractivity (Wildman–Crippen MR) is 39.9 cm³/mol. The molecule has 1 saturated carbocycles. The molecule has 0 aliphatic heterocycles. The van der Waals surface area contributed by atoms with Gasteiger partial charge in [0.15, 0.2) is 0 Å². The van der Waals surface area contributed by atoms with Gasteiger partial charge >= 0.3 is 0 Å². The van der Waals surface area contributed by atoms with Crippen molar-refractivity contribution in [1.82, 2.24) is 20.2 Å². The Morgan fingerprint density at radius 1 is 1.55 bits per heavy atom. The summed E-state index contributed by atoms with van der Waals surface area (Å²) in [5.41, 5.74) is 0. The van der Waals surface area contributed by atoms with Crippen molar-refractivity contribution in [1.29, 1.82) is 0 Å². The Morgan fingerprint density at radius 2 is 2.36 bits per heavy atom. The monoisotopic (exact) mass is 152 g/mol. The first-order valence-electron chi connectivity index (χ1n) is 4.09. The van der Waals surface area contributed by atoms with Crippen LogP contribution in [0.1, 0.15) is 25.1 Å². The maximum Gasteiger partial charge on any atom is 0.148 e. The molecule has 0 saturated heterocycles. The number of hydrogen-bond acceptors (Lipinski definition) is 3. The molecule has 0 amide bonds. The molecule has 0 radical (unpaired) electrons. The van der Waals surface area contributed by atoms with Gasteiger partial charge in [-0.15, -0.1) is 5.10 Å². The average Bonchev–Trinajstić information content (AvgIpc) is 2.27. The van der Waals surface area contributed by atoms with Crippen LogP contribution in [0, 0.1) is 12.8 Å². The van der Waals surface area contributed by atoms with E-state index in [9.17, 15) is 0 Å². The Balaban J connectivity index is 1.99. The molecule has 2 rings (SSSR count). The van der Waals surface area contributed by atoms with Gasteiger partial charge in [0, 0.05) is 6.54 Å². The van der Waals surface area contributed by atoms with Crippen LogP contribution in [-0.2, 0) is 6.54 Å². The zero-order valence-corrected chi connectivity index (χ0v) is 6.69. The minimum atomic E-state index is 0.831. The zero-order chi connectivity index (χ0) is 7.68. The minimum Gasteiger partial charge on any atom is -0.230 e. The van der Waals surface area contributed by atoms with Crippen LogP contribution in [0.15, 0.2) is 0 Å². The first-order chi connectivity index (χ1) is 5.36. The number of nitrogens with zero attached hydrogens (tertiary/aromatic N) is 4. The Labute approximate surface area is 65.6 Å². The number of tetrazole rings is 1. The smallest absolute Gasteiger partial charge is 0.148 e. The van der Waals surface area contributed by atoms with Gasteiger partial charge in [-0.3, -0.25) is 0 Å². The van der Waals surface area contributed by atoms with E-state index < -0.39 is 0 Å². The van der Waals surface area contributed by atoms with Crippen LogP contribution in [0.25, 0.3) is 0 Å². The van der Waals surface area contributed by atoms with Crippen molar-refractivity contribution in [2.24, 2.45) is 5.92 Å². The molecule has 0 unspecified atom stereocenters. The predicted octanol–water partition coefficient (Wildman–Crippen LogP) is 0.782. The molecule has 1 heterocycles. The Kier molecular flexibility index (Phi) is 1.60. The van der Waals surface area contributed by atoms with Crippen molar-refractivity contribution in [2.45, 2.75) is 32.7 Å². The summed E-state index contributed by atoms with van der Waals surface area (Å²) in [5, 5.41) is 11.3. The fourth-order valence-electron chi connectivity index (χ4n) is 1.34. The molecule has 0 atom stereocenters. The van der Waals surface area contributed by atoms with Gasteiger partial charge in [0.25, 0.3) is 0 Å². The van der Waals surface area contributed by atoms with E-state index in [1.807, 2.05) is 11.6 Å². The summed E-state index contributed by atoms with van der Waals surface area (Å²) >= 11 is 0. The summed E-state index contributed by atoms with van der Waals surface area (Å²) < 4.78 is 1.89. The maximum absolute atomic E-state index is 3.89. The molecule has 4 nitrogen and oxygen atoms in total. The van der Waals surface area contributed by atoms with E-state index in [1.165, 1.54) is 19.3 Å². The molecule has 1 aromatic heterocycles. The Morgan fingerprint density at radius 3 is 2.82 bits per heavy atom. The zero-order valence-electron chi connectivity index (χ0n) is 6.69. The number of rotatable bonds is 2. The molecule has 11 heavy (non-hydrogen) atoms. The Bertz CT molecular complexity index is 238. The lowest BCUT2D eigenvalue weighted by Crippen LogP contribution is -2.19. The highest BCUT2D eigenvalue weighted by Crippen LogP contribution is 2.27. The topological polar surface area (TPSA) is 43.6 Å². The second kappa shape index (κ2) is 2.60. The van der Waals surface area contributed by atoms with E-state index in [1.54, 1.807) is 0 Å². The molecule has 0 N–H and O–H groups in total. The van der Waals surface area contributed by atoms with Gasteiger partial charge in [0.1, 0.15) is 5.82 Å². The summed E-state index contributed by atoms with van der Waals surface area (Å²) in [6.45, 7) is 2.96. The van der Waals surface area contributed by atoms with Gasteiger partial charge in [-0.2, -0.15) is 0 Å². The van der Waals surface area contributed by atoms with Crippen molar-refractivity contribution in [3.8, 4) is 0 Å². The fourth-order valence-corrected chi connectivity index (χ4v) is 1.34. The highest BCUT2D eigenvalue weighted by atomic mass is 15.5. The van der Waals surface area contributed by atoms with Gasteiger partial charge in [-0.25, -0.2) is 4.68 Å². The van der Waals surface area contributed by atoms with Gasteiger partial charge in [0.05, 0.1) is 0 Å². The summed E-state index contributed by atoms with van der Waals surface area (Å²) in [7, 11) is 0. The van der Waals surface area contributed by atoms with E-state index >= 15 is 0 Å². The van der Waals surface area contributed by atoms with Crippen molar-refractivity contribution >= 4 is 0 Å². The molecule has 0 bridgehead atoms. The highest BCUT2D eigenvalue weighted by molar-refractivity contribution is 4.77.